The van der Waals surface area contributed by atoms with Crippen LogP contribution in [0.5, 0.6) is 5.75 Å². The van der Waals surface area contributed by atoms with Crippen molar-refractivity contribution in [2.24, 2.45) is 0 Å². The highest BCUT2D eigenvalue weighted by molar-refractivity contribution is 5.97. The van der Waals surface area contributed by atoms with Crippen molar-refractivity contribution in [3.05, 3.63) is 60.0 Å². The maximum absolute atomic E-state index is 12.7. The molecule has 0 atom stereocenters. The van der Waals surface area contributed by atoms with Gasteiger partial charge in [-0.3, -0.25) is 4.79 Å². The first kappa shape index (κ1) is 17.5. The number of hydrogen-bond donors (Lipinski definition) is 0. The fraction of sp³-hybridized carbons (Fsp3) is 0.300. The minimum absolute atomic E-state index is 0.0985. The summed E-state index contributed by atoms with van der Waals surface area (Å²) in [5.74, 6) is 0.416. The number of alkyl halides is 2. The summed E-state index contributed by atoms with van der Waals surface area (Å²) in [7, 11) is 0. The summed E-state index contributed by atoms with van der Waals surface area (Å²) in [5.41, 5.74) is 1.73. The first-order chi connectivity index (χ1) is 13.1. The van der Waals surface area contributed by atoms with E-state index in [1.54, 1.807) is 17.0 Å². The molecule has 0 bridgehead atoms. The summed E-state index contributed by atoms with van der Waals surface area (Å²) in [5, 5.41) is 0. The van der Waals surface area contributed by atoms with Gasteiger partial charge in [0, 0.05) is 19.0 Å². The lowest BCUT2D eigenvalue weighted by atomic mass is 9.96. The third kappa shape index (κ3) is 3.63. The van der Waals surface area contributed by atoms with Crippen LogP contribution < -0.4 is 4.74 Å². The Morgan fingerprint density at radius 2 is 1.81 bits per heavy atom. The van der Waals surface area contributed by atoms with Crippen LogP contribution in [-0.2, 0) is 0 Å². The van der Waals surface area contributed by atoms with Crippen LogP contribution >= 0.6 is 0 Å². The number of rotatable bonds is 4. The number of aromatic nitrogens is 1. The van der Waals surface area contributed by atoms with Gasteiger partial charge in [-0.05, 0) is 37.1 Å². The number of likely N-dealkylation sites (tertiary alicyclic amines) is 1. The average molecular weight is 372 g/mol. The van der Waals surface area contributed by atoms with Gasteiger partial charge in [0.2, 0.25) is 0 Å². The number of nitrogens with zero attached hydrogens (tertiary/aromatic N) is 2. The van der Waals surface area contributed by atoms with E-state index >= 15 is 0 Å². The van der Waals surface area contributed by atoms with Crippen molar-refractivity contribution in [3.8, 4) is 5.75 Å². The molecule has 1 amide bonds. The van der Waals surface area contributed by atoms with Gasteiger partial charge in [0.15, 0.2) is 11.5 Å². The van der Waals surface area contributed by atoms with Crippen LogP contribution in [0.2, 0.25) is 0 Å². The standard InChI is InChI=1S/C20H18F2N2O3/c21-20(22)27-16-7-3-1-5-14(16)19(25)24-11-9-13(10-12-24)18-23-15-6-2-4-8-17(15)26-18/h1-8,13,20H,9-12H2. The van der Waals surface area contributed by atoms with E-state index in [-0.39, 0.29) is 23.1 Å². The van der Waals surface area contributed by atoms with Gasteiger partial charge >= 0.3 is 6.61 Å². The first-order valence-corrected chi connectivity index (χ1v) is 8.80. The molecule has 0 unspecified atom stereocenters. The highest BCUT2D eigenvalue weighted by atomic mass is 19.3. The van der Waals surface area contributed by atoms with Crippen molar-refractivity contribution in [1.82, 2.24) is 9.88 Å². The van der Waals surface area contributed by atoms with Crippen LogP contribution in [0.3, 0.4) is 0 Å². The van der Waals surface area contributed by atoms with Gasteiger partial charge in [-0.1, -0.05) is 24.3 Å². The Morgan fingerprint density at radius 3 is 2.56 bits per heavy atom. The van der Waals surface area contributed by atoms with Crippen molar-refractivity contribution >= 4 is 17.0 Å². The Labute approximate surface area is 154 Å². The molecule has 3 aromatic rings. The molecule has 0 aliphatic carbocycles. The number of ether oxygens (including phenoxy) is 1. The van der Waals surface area contributed by atoms with Gasteiger partial charge < -0.3 is 14.1 Å². The third-order valence-corrected chi connectivity index (χ3v) is 4.78. The molecule has 27 heavy (non-hydrogen) atoms. The number of benzene rings is 2. The van der Waals surface area contributed by atoms with Gasteiger partial charge in [-0.25, -0.2) is 4.98 Å². The zero-order valence-electron chi connectivity index (χ0n) is 14.5. The minimum atomic E-state index is -2.97. The number of fused-ring (bicyclic) bond motifs is 1. The molecule has 0 spiro atoms. The predicted octanol–water partition coefficient (Wildman–Crippen LogP) is 4.45. The molecule has 140 valence electrons. The first-order valence-electron chi connectivity index (χ1n) is 8.80. The minimum Gasteiger partial charge on any atom is -0.440 e. The Hall–Kier alpha value is -2.96. The van der Waals surface area contributed by atoms with Gasteiger partial charge in [-0.15, -0.1) is 0 Å². The number of halogens is 2. The normalized spacial score (nSPS) is 15.4. The molecule has 7 heteroatoms. The third-order valence-electron chi connectivity index (χ3n) is 4.78. The molecular weight excluding hydrogens is 354 g/mol. The predicted molar refractivity (Wildman–Crippen MR) is 95.0 cm³/mol. The maximum atomic E-state index is 12.7. The summed E-state index contributed by atoms with van der Waals surface area (Å²) in [6.45, 7) is -1.96. The van der Waals surface area contributed by atoms with E-state index in [1.807, 2.05) is 24.3 Å². The van der Waals surface area contributed by atoms with Gasteiger partial charge in [0.25, 0.3) is 5.91 Å². The van der Waals surface area contributed by atoms with Crippen LogP contribution in [0.4, 0.5) is 8.78 Å². The van der Waals surface area contributed by atoms with Crippen LogP contribution in [0.1, 0.15) is 35.0 Å². The zero-order chi connectivity index (χ0) is 18.8. The Balaban J connectivity index is 1.45. The smallest absolute Gasteiger partial charge is 0.387 e. The van der Waals surface area contributed by atoms with E-state index in [4.69, 9.17) is 4.42 Å². The largest absolute Gasteiger partial charge is 0.440 e. The van der Waals surface area contributed by atoms with Crippen LogP contribution in [0, 0.1) is 0 Å². The number of carbonyl (C=O) groups excluding carboxylic acids is 1. The van der Waals surface area contributed by atoms with Gasteiger partial charge in [0.1, 0.15) is 11.3 Å². The maximum Gasteiger partial charge on any atom is 0.387 e. The van der Waals surface area contributed by atoms with E-state index in [1.165, 1.54) is 12.1 Å². The Bertz CT molecular complexity index is 916. The van der Waals surface area contributed by atoms with Crippen molar-refractivity contribution < 1.29 is 22.7 Å². The second kappa shape index (κ2) is 7.34. The second-order valence-corrected chi connectivity index (χ2v) is 6.46. The quantitative estimate of drug-likeness (QED) is 0.679. The zero-order valence-corrected chi connectivity index (χ0v) is 14.5. The monoisotopic (exact) mass is 372 g/mol. The van der Waals surface area contributed by atoms with Crippen LogP contribution in [-0.4, -0.2) is 35.5 Å². The second-order valence-electron chi connectivity index (χ2n) is 6.46. The number of hydrogen-bond acceptors (Lipinski definition) is 4. The fourth-order valence-electron chi connectivity index (χ4n) is 3.41. The van der Waals surface area contributed by atoms with Crippen molar-refractivity contribution in [2.75, 3.05) is 13.1 Å². The molecule has 0 saturated carbocycles. The molecule has 1 aliphatic heterocycles. The number of amides is 1. The molecule has 0 radical (unpaired) electrons. The molecule has 1 saturated heterocycles. The van der Waals surface area contributed by atoms with E-state index in [9.17, 15) is 13.6 Å². The number of carbonyl (C=O) groups is 1. The summed E-state index contributed by atoms with van der Waals surface area (Å²) in [4.78, 5) is 18.9. The SMILES string of the molecule is O=C(c1ccccc1OC(F)F)N1CCC(c2nc3ccccc3o2)CC1. The molecule has 1 aromatic heterocycles. The summed E-state index contributed by atoms with van der Waals surface area (Å²) >= 11 is 0. The van der Waals surface area contributed by atoms with Crippen molar-refractivity contribution in [3.63, 3.8) is 0 Å². The number of oxazole rings is 1. The lowest BCUT2D eigenvalue weighted by Gasteiger charge is -2.31. The van der Waals surface area contributed by atoms with Crippen molar-refractivity contribution in [2.45, 2.75) is 25.4 Å². The van der Waals surface area contributed by atoms with Crippen molar-refractivity contribution in [1.29, 1.82) is 0 Å². The highest BCUT2D eigenvalue weighted by Crippen LogP contribution is 2.31. The molecule has 2 heterocycles. The molecule has 5 nitrogen and oxygen atoms in total. The average Bonchev–Trinajstić information content (AvgIpc) is 3.12. The fourth-order valence-corrected chi connectivity index (χ4v) is 3.41. The summed E-state index contributed by atoms with van der Waals surface area (Å²) in [6.07, 6.45) is 1.41. The highest BCUT2D eigenvalue weighted by Gasteiger charge is 2.29. The Morgan fingerprint density at radius 1 is 1.11 bits per heavy atom. The molecular formula is C20H18F2N2O3. The van der Waals surface area contributed by atoms with E-state index in [0.29, 0.717) is 31.8 Å². The summed E-state index contributed by atoms with van der Waals surface area (Å²) < 4.78 is 35.4. The molecule has 0 N–H and O–H groups in total. The topological polar surface area (TPSA) is 55.6 Å². The lowest BCUT2D eigenvalue weighted by Crippen LogP contribution is -2.38. The van der Waals surface area contributed by atoms with E-state index < -0.39 is 6.61 Å². The van der Waals surface area contributed by atoms with Crippen LogP contribution in [0.25, 0.3) is 11.1 Å². The number of piperidine rings is 1. The molecule has 4 rings (SSSR count). The lowest BCUT2D eigenvalue weighted by molar-refractivity contribution is -0.0503. The molecule has 2 aromatic carbocycles. The van der Waals surface area contributed by atoms with Gasteiger partial charge in [0.05, 0.1) is 5.56 Å². The molecule has 1 aliphatic rings. The van der Waals surface area contributed by atoms with E-state index in [2.05, 4.69) is 9.72 Å². The Kier molecular flexibility index (Phi) is 4.75. The van der Waals surface area contributed by atoms with E-state index in [0.717, 1.165) is 11.1 Å². The number of para-hydroxylation sites is 3. The molecule has 1 fully saturated rings. The summed E-state index contributed by atoms with van der Waals surface area (Å²) in [6, 6.07) is 13.7. The van der Waals surface area contributed by atoms with Gasteiger partial charge in [-0.2, -0.15) is 8.78 Å². The van der Waals surface area contributed by atoms with Crippen LogP contribution in [0.15, 0.2) is 52.9 Å².